The third-order valence-electron chi connectivity index (χ3n) is 7.23. The van der Waals surface area contributed by atoms with Crippen molar-refractivity contribution in [1.29, 1.82) is 0 Å². The van der Waals surface area contributed by atoms with Crippen LogP contribution in [0.15, 0.2) is 158 Å². The van der Waals surface area contributed by atoms with Crippen LogP contribution in [0.5, 0.6) is 23.0 Å². The van der Waals surface area contributed by atoms with E-state index in [-0.39, 0.29) is 169 Å². The van der Waals surface area contributed by atoms with Crippen molar-refractivity contribution in [3.8, 4) is 23.0 Å². The van der Waals surface area contributed by atoms with Gasteiger partial charge in [-0.15, -0.1) is 0 Å². The normalized spacial score (nSPS) is 6.53. The summed E-state index contributed by atoms with van der Waals surface area (Å²) in [5.41, 5.74) is -0.616. The quantitative estimate of drug-likeness (QED) is 0.0629. The molecule has 4 heterocycles. The fraction of sp³-hybridized carbons (Fsp3) is 0.0690. The van der Waals surface area contributed by atoms with Gasteiger partial charge in [-0.05, 0) is 51.5 Å². The average molecular weight is 1830 g/mol. The zero-order chi connectivity index (χ0) is 70.3. The molecule has 4 aromatic heterocycles. The van der Waals surface area contributed by atoms with Crippen molar-refractivity contribution in [3.63, 3.8) is 0 Å². The Labute approximate surface area is 609 Å². The molecule has 8 N–H and O–H groups in total. The molecule has 92 heavy (non-hydrogen) atoms. The third kappa shape index (κ3) is 76.1. The van der Waals surface area contributed by atoms with E-state index in [2.05, 4.69) is 193 Å². The van der Waals surface area contributed by atoms with E-state index in [1.807, 2.05) is 0 Å². The minimum absolute atomic E-state index is 0. The summed E-state index contributed by atoms with van der Waals surface area (Å²) in [7, 11) is -0.446. The second kappa shape index (κ2) is 124. The number of aryl methyl sites for hydroxylation is 4. The van der Waals surface area contributed by atoms with Gasteiger partial charge in [-0.25, -0.2) is 0 Å². The van der Waals surface area contributed by atoms with Crippen molar-refractivity contribution < 1.29 is 246 Å². The molecule has 3 aromatic carbocycles. The Bertz CT molecular complexity index is 2410. The number of carbonyl (C=O) groups excluding carboxylic acids is 15. The number of rotatable bonds is 3. The Hall–Kier alpha value is -8.12. The van der Waals surface area contributed by atoms with Gasteiger partial charge in [-0.3, -0.25) is 121 Å². The molecule has 0 saturated heterocycles. The Morgan fingerprint density at radius 2 is 0.391 bits per heavy atom. The molecule has 7 rings (SSSR count). The number of benzene rings is 3. The monoisotopic (exact) mass is 1830 g/mol. The minimum Gasteiger partial charge on any atom is -0.545 e. The Balaban J connectivity index is -0.0000000355. The standard InChI is InChI=1S/C18H15P.4C6H6O3.15CHO.CH3.6Ru/c1-4-10-16(11-5-1)19(17-12-6-2-7-13-17)18-14-8-3-9-15-18;4*1-4-6(8)5(7)2-3-9-4;15*1-2;;;;;;;/h1-15H;4*2-3,8H,1H3;15*1H;1H3;;;;;;/q;;;;;16*-1;4*+1;2*+4/p+4. The fourth-order valence-corrected chi connectivity index (χ4v) is 6.55. The topological polar surface area (TPSA) is 475 Å². The molecule has 0 atom stereocenters. The molecule has 0 aliphatic rings. The summed E-state index contributed by atoms with van der Waals surface area (Å²) in [5, 5.41) is 39.6. The van der Waals surface area contributed by atoms with Crippen molar-refractivity contribution >= 4 is 126 Å². The molecule has 0 aliphatic heterocycles. The van der Waals surface area contributed by atoms with Gasteiger partial charge in [0.05, 0.1) is 24.3 Å². The van der Waals surface area contributed by atoms with E-state index in [1.165, 1.54) is 65.2 Å². The summed E-state index contributed by atoms with van der Waals surface area (Å²) in [5.74, 6) is 0.472. The van der Waals surface area contributed by atoms with Crippen LogP contribution in [-0.4, -0.2) is 141 Å². The van der Waals surface area contributed by atoms with Gasteiger partial charge in [0.25, 0.3) is 23.0 Å². The van der Waals surface area contributed by atoms with Gasteiger partial charge in [0, 0.05) is 0 Å². The molecule has 4 radical (unpaired) electrons. The molecule has 34 heteroatoms. The molecular weight excluding hydrogens is 1770 g/mol. The van der Waals surface area contributed by atoms with Crippen molar-refractivity contribution in [1.82, 2.24) is 0 Å². The van der Waals surface area contributed by atoms with Crippen LogP contribution in [0.3, 0.4) is 0 Å². The molecule has 7 aromatic rings. The van der Waals surface area contributed by atoms with Gasteiger partial charge in [0.15, 0.2) is 23.0 Å². The first-order valence-corrected chi connectivity index (χ1v) is 21.3. The fourth-order valence-electron chi connectivity index (χ4n) is 4.24. The molecule has 0 fully saturated rings. The van der Waals surface area contributed by atoms with E-state index in [4.69, 9.17) is 129 Å². The molecule has 0 aliphatic carbocycles. The molecule has 0 spiro atoms. The van der Waals surface area contributed by atoms with Gasteiger partial charge in [-0.2, -0.15) is 0 Å². The van der Waals surface area contributed by atoms with E-state index < -0.39 is 7.92 Å². The second-order valence-corrected chi connectivity index (χ2v) is 13.4. The Kier molecular flexibility index (Phi) is 191. The summed E-state index contributed by atoms with van der Waals surface area (Å²) < 4.78 is 18.9. The molecule has 0 amide bonds. The van der Waals surface area contributed by atoms with Crippen LogP contribution in [0.25, 0.3) is 0 Å². The van der Waals surface area contributed by atoms with E-state index >= 15 is 0 Å². The van der Waals surface area contributed by atoms with Crippen LogP contribution in [0.1, 0.15) is 23.0 Å². The van der Waals surface area contributed by atoms with E-state index in [9.17, 15) is 0 Å². The maximum atomic E-state index is 8.86. The first kappa shape index (κ1) is 141. The van der Waals surface area contributed by atoms with Gasteiger partial charge < -0.3 is 117 Å². The van der Waals surface area contributed by atoms with Crippen LogP contribution in [0, 0.1) is 35.1 Å². The summed E-state index contributed by atoms with van der Waals surface area (Å²) in [6.07, 6.45) is 5.24. The van der Waals surface area contributed by atoms with Gasteiger partial charge in [0.1, 0.15) is 25.1 Å². The largest absolute Gasteiger partial charge is 4.00 e. The summed E-state index contributed by atoms with van der Waals surface area (Å²) >= 11 is 0. The second-order valence-electron chi connectivity index (χ2n) is 11.2. The SMILES string of the molecule is Cc1occc(=[OH+])c1O.Cc1occc(=[OH+])c1O.Cc1occc(=[OH+])c1O.Cc1occc(=[OH+])c1O.[CH-]=O.[CH-]=O.[CH-]=O.[CH-]=O.[CH-]=O.[CH-]=O.[CH-]=O.[CH-]=O.[CH-]=O.[CH-]=O.[CH-]=O.[CH-]=O.[CH-]=O.[CH-]=O.[CH-]=O.[CH3-].[Ru+4].[Ru+4].[Ru+].[Ru+].[Ru+].[Ru+].c1ccc(P(c2ccccc2)c2ccccc2)cc1. The zero-order valence-corrected chi connectivity index (χ0v) is 59.7. The summed E-state index contributed by atoms with van der Waals surface area (Å²) in [6.45, 7) is 55.0. The van der Waals surface area contributed by atoms with Crippen molar-refractivity contribution in [2.75, 3.05) is 0 Å². The molecule has 0 unspecified atom stereocenters. The summed E-state index contributed by atoms with van der Waals surface area (Å²) in [6, 6.07) is 37.4. The van der Waals surface area contributed by atoms with Gasteiger partial charge in [-0.1, -0.05) is 91.0 Å². The van der Waals surface area contributed by atoms with Crippen molar-refractivity contribution in [2.45, 2.75) is 27.7 Å². The van der Waals surface area contributed by atoms with E-state index in [0.717, 1.165) is 0 Å². The van der Waals surface area contributed by atoms with Crippen LogP contribution in [-0.2, 0) is 189 Å². The van der Waals surface area contributed by atoms with Crippen LogP contribution in [0.2, 0.25) is 0 Å². The van der Waals surface area contributed by atoms with Crippen molar-refractivity contribution in [2.24, 2.45) is 0 Å². The molecule has 0 bridgehead atoms. The minimum atomic E-state index is -0.446. The first-order valence-electron chi connectivity index (χ1n) is 20.0. The van der Waals surface area contributed by atoms with Crippen LogP contribution >= 0.6 is 7.92 Å². The first-order chi connectivity index (χ1) is 41.3. The van der Waals surface area contributed by atoms with E-state index in [0.29, 0.717) is 23.0 Å². The smallest absolute Gasteiger partial charge is 0.545 e. The molecule has 508 valence electrons. The Morgan fingerprint density at radius 1 is 0.272 bits per heavy atom. The molecular formula is C58H61O27PRu6. The van der Waals surface area contributed by atoms with Gasteiger partial charge in [0.2, 0.25) is 0 Å². The number of hydrogen-bond acceptors (Lipinski definition) is 23. The van der Waals surface area contributed by atoms with E-state index in [1.54, 1.807) is 27.7 Å². The zero-order valence-electron chi connectivity index (χ0n) is 48.3. The van der Waals surface area contributed by atoms with Crippen LogP contribution in [0.4, 0.5) is 0 Å². The molecule has 27 nitrogen and oxygen atoms in total. The molecule has 0 saturated carbocycles. The van der Waals surface area contributed by atoms with Gasteiger partial charge >= 0.3 is 139 Å². The Morgan fingerprint density at radius 3 is 0.489 bits per heavy atom. The predicted octanol–water partition coefficient (Wildman–Crippen LogP) is 0.961. The maximum Gasteiger partial charge on any atom is 4.00 e. The number of hydrogen-bond donors (Lipinski definition) is 4. The number of aromatic hydroxyl groups is 4. The third-order valence-corrected chi connectivity index (χ3v) is 9.67. The van der Waals surface area contributed by atoms with Crippen molar-refractivity contribution in [3.05, 3.63) is 192 Å². The maximum absolute atomic E-state index is 8.86. The summed E-state index contributed by atoms with van der Waals surface area (Å²) in [4.78, 5) is 151. The predicted molar refractivity (Wildman–Crippen MR) is 314 cm³/mol. The average Bonchev–Trinajstić information content (AvgIpc) is 1.26. The van der Waals surface area contributed by atoms with Crippen LogP contribution < -0.4 is 37.6 Å².